The Hall–Kier alpha value is -2.25. The predicted octanol–water partition coefficient (Wildman–Crippen LogP) is 3.39. The Labute approximate surface area is 190 Å². The minimum Gasteiger partial charge on any atom is -0.386 e. The van der Waals surface area contributed by atoms with E-state index in [1.807, 2.05) is 29.2 Å². The molecule has 32 heavy (non-hydrogen) atoms. The summed E-state index contributed by atoms with van der Waals surface area (Å²) in [6.45, 7) is 7.29. The molecule has 7 nitrogen and oxygen atoms in total. The largest absolute Gasteiger partial charge is 0.386 e. The molecular formula is C25H35N5O2. The molecule has 2 aromatic rings. The van der Waals surface area contributed by atoms with Gasteiger partial charge in [0.15, 0.2) is 0 Å². The van der Waals surface area contributed by atoms with Crippen molar-refractivity contribution in [2.75, 3.05) is 26.2 Å². The Kier molecular flexibility index (Phi) is 5.80. The van der Waals surface area contributed by atoms with Crippen molar-refractivity contribution >= 4 is 5.91 Å². The molecule has 1 aromatic carbocycles. The van der Waals surface area contributed by atoms with Gasteiger partial charge in [-0.3, -0.25) is 9.69 Å². The Balaban J connectivity index is 1.15. The van der Waals surface area contributed by atoms with Crippen LogP contribution in [0.3, 0.4) is 0 Å². The molecule has 1 amide bonds. The molecule has 5 rings (SSSR count). The van der Waals surface area contributed by atoms with E-state index in [0.29, 0.717) is 23.4 Å². The van der Waals surface area contributed by atoms with Crippen LogP contribution < -0.4 is 0 Å². The van der Waals surface area contributed by atoms with Gasteiger partial charge in [0.25, 0.3) is 5.91 Å². The lowest BCUT2D eigenvalue weighted by Crippen LogP contribution is -2.49. The monoisotopic (exact) mass is 437 g/mol. The van der Waals surface area contributed by atoms with Crippen molar-refractivity contribution in [1.29, 1.82) is 0 Å². The minimum atomic E-state index is -0.891. The number of aliphatic hydroxyl groups is 1. The van der Waals surface area contributed by atoms with Gasteiger partial charge in [-0.1, -0.05) is 12.1 Å². The first-order valence-electron chi connectivity index (χ1n) is 12.2. The van der Waals surface area contributed by atoms with E-state index in [1.165, 1.54) is 25.7 Å². The molecule has 1 unspecified atom stereocenters. The van der Waals surface area contributed by atoms with E-state index >= 15 is 0 Å². The van der Waals surface area contributed by atoms with Crippen LogP contribution >= 0.6 is 0 Å². The molecule has 3 fully saturated rings. The fraction of sp³-hybridized carbons (Fsp3) is 0.640. The summed E-state index contributed by atoms with van der Waals surface area (Å²) in [4.78, 5) is 21.1. The highest BCUT2D eigenvalue weighted by Crippen LogP contribution is 2.38. The van der Waals surface area contributed by atoms with Crippen LogP contribution in [0, 0.1) is 0 Å². The van der Waals surface area contributed by atoms with Gasteiger partial charge >= 0.3 is 0 Å². The van der Waals surface area contributed by atoms with Crippen LogP contribution in [0.5, 0.6) is 0 Å². The first-order chi connectivity index (χ1) is 15.4. The summed E-state index contributed by atoms with van der Waals surface area (Å²) in [7, 11) is 0. The molecule has 1 saturated carbocycles. The molecule has 3 aliphatic rings. The molecule has 3 heterocycles. The third kappa shape index (κ3) is 4.59. The number of rotatable bonds is 5. The Morgan fingerprint density at radius 3 is 2.25 bits per heavy atom. The second-order valence-electron chi connectivity index (χ2n) is 10.4. The molecule has 1 atom stereocenters. The number of aromatic amines is 1. The molecular weight excluding hydrogens is 402 g/mol. The zero-order valence-electron chi connectivity index (χ0n) is 19.3. The second kappa shape index (κ2) is 8.60. The van der Waals surface area contributed by atoms with Crippen LogP contribution in [-0.4, -0.2) is 68.2 Å². The molecule has 0 spiro atoms. The van der Waals surface area contributed by atoms with E-state index in [-0.39, 0.29) is 5.91 Å². The van der Waals surface area contributed by atoms with Gasteiger partial charge in [0.2, 0.25) is 0 Å². The quantitative estimate of drug-likeness (QED) is 0.749. The molecule has 0 radical (unpaired) electrons. The number of piperidine rings is 2. The van der Waals surface area contributed by atoms with E-state index < -0.39 is 5.60 Å². The van der Waals surface area contributed by atoms with Gasteiger partial charge in [0.1, 0.15) is 11.6 Å². The molecule has 7 heteroatoms. The lowest BCUT2D eigenvalue weighted by atomic mass is 9.93. The first kappa shape index (κ1) is 21.6. The number of hydrogen-bond donors (Lipinski definition) is 2. The van der Waals surface area contributed by atoms with Gasteiger partial charge in [-0.05, 0) is 76.6 Å². The van der Waals surface area contributed by atoms with Gasteiger partial charge in [-0.2, -0.15) is 0 Å². The van der Waals surface area contributed by atoms with Crippen molar-refractivity contribution in [2.45, 2.75) is 75.9 Å². The summed E-state index contributed by atoms with van der Waals surface area (Å²) in [6.07, 6.45) is 6.89. The number of nitrogens with zero attached hydrogens (tertiary/aromatic N) is 4. The van der Waals surface area contributed by atoms with Crippen molar-refractivity contribution in [2.24, 2.45) is 0 Å². The van der Waals surface area contributed by atoms with Crippen LogP contribution in [0.2, 0.25) is 0 Å². The SMILES string of the molecule is CC(C)(O)c1ccc(C(=O)N2CCC(N3CCCC(c4nnc(C5CC5)[nH]4)C3)CC2)cc1. The first-order valence-corrected chi connectivity index (χ1v) is 12.2. The lowest BCUT2D eigenvalue weighted by molar-refractivity contribution is 0.0567. The fourth-order valence-corrected chi connectivity index (χ4v) is 5.21. The third-order valence-electron chi connectivity index (χ3n) is 7.43. The number of carbonyl (C=O) groups excluding carboxylic acids is 1. The standard InChI is InChI=1S/C25H35N5O2/c1-25(2,32)20-9-7-18(8-10-20)24(31)29-14-11-21(12-15-29)30-13-3-4-19(16-30)23-26-22(27-28-23)17-5-6-17/h7-10,17,19,21,32H,3-6,11-16H2,1-2H3,(H,26,27,28). The van der Waals surface area contributed by atoms with E-state index in [2.05, 4.69) is 20.1 Å². The number of hydrogen-bond acceptors (Lipinski definition) is 5. The van der Waals surface area contributed by atoms with Gasteiger partial charge in [0.05, 0.1) is 5.60 Å². The second-order valence-corrected chi connectivity index (χ2v) is 10.4. The number of aromatic nitrogens is 3. The minimum absolute atomic E-state index is 0.0940. The van der Waals surface area contributed by atoms with E-state index in [9.17, 15) is 9.90 Å². The number of amides is 1. The van der Waals surface area contributed by atoms with Crippen molar-refractivity contribution in [3.63, 3.8) is 0 Å². The summed E-state index contributed by atoms with van der Waals surface area (Å²) in [5, 5.41) is 19.0. The lowest BCUT2D eigenvalue weighted by Gasteiger charge is -2.42. The van der Waals surface area contributed by atoms with E-state index in [4.69, 9.17) is 0 Å². The maximum atomic E-state index is 13.0. The van der Waals surface area contributed by atoms with Crippen molar-refractivity contribution in [1.82, 2.24) is 25.0 Å². The number of H-pyrrole nitrogens is 1. The van der Waals surface area contributed by atoms with E-state index in [0.717, 1.165) is 56.2 Å². The number of nitrogens with one attached hydrogen (secondary N) is 1. The summed E-state index contributed by atoms with van der Waals surface area (Å²) < 4.78 is 0. The Bertz CT molecular complexity index is 936. The normalized spacial score (nSPS) is 23.5. The molecule has 172 valence electrons. The van der Waals surface area contributed by atoms with Crippen molar-refractivity contribution < 1.29 is 9.90 Å². The Morgan fingerprint density at radius 1 is 0.969 bits per heavy atom. The summed E-state index contributed by atoms with van der Waals surface area (Å²) in [6, 6.07) is 7.91. The highest BCUT2D eigenvalue weighted by Gasteiger charge is 2.33. The number of benzene rings is 1. The molecule has 1 aliphatic carbocycles. The van der Waals surface area contributed by atoms with Crippen LogP contribution in [0.4, 0.5) is 0 Å². The summed E-state index contributed by atoms with van der Waals surface area (Å²) in [5.74, 6) is 3.30. The average Bonchev–Trinajstić information content (AvgIpc) is 3.54. The van der Waals surface area contributed by atoms with Crippen LogP contribution in [-0.2, 0) is 5.60 Å². The topological polar surface area (TPSA) is 85.3 Å². The molecule has 2 saturated heterocycles. The smallest absolute Gasteiger partial charge is 0.253 e. The average molecular weight is 438 g/mol. The van der Waals surface area contributed by atoms with Crippen molar-refractivity contribution in [3.8, 4) is 0 Å². The molecule has 2 aliphatic heterocycles. The van der Waals surface area contributed by atoms with Crippen LogP contribution in [0.25, 0.3) is 0 Å². The van der Waals surface area contributed by atoms with Crippen molar-refractivity contribution in [3.05, 3.63) is 47.0 Å². The van der Waals surface area contributed by atoms with Gasteiger partial charge in [-0.15, -0.1) is 10.2 Å². The maximum Gasteiger partial charge on any atom is 0.253 e. The predicted molar refractivity (Wildman–Crippen MR) is 123 cm³/mol. The zero-order valence-corrected chi connectivity index (χ0v) is 19.3. The number of carbonyl (C=O) groups is 1. The fourth-order valence-electron chi connectivity index (χ4n) is 5.21. The highest BCUT2D eigenvalue weighted by atomic mass is 16.3. The van der Waals surface area contributed by atoms with Gasteiger partial charge in [0, 0.05) is 43.1 Å². The highest BCUT2D eigenvalue weighted by molar-refractivity contribution is 5.94. The molecule has 2 N–H and O–H groups in total. The molecule has 0 bridgehead atoms. The van der Waals surface area contributed by atoms with Gasteiger partial charge < -0.3 is 15.0 Å². The number of likely N-dealkylation sites (tertiary alicyclic amines) is 2. The summed E-state index contributed by atoms with van der Waals surface area (Å²) >= 11 is 0. The zero-order chi connectivity index (χ0) is 22.3. The summed E-state index contributed by atoms with van der Waals surface area (Å²) in [5.41, 5.74) is 0.631. The van der Waals surface area contributed by atoms with Gasteiger partial charge in [-0.25, -0.2) is 0 Å². The molecule has 1 aromatic heterocycles. The maximum absolute atomic E-state index is 13.0. The van der Waals surface area contributed by atoms with Crippen LogP contribution in [0.1, 0.15) is 91.8 Å². The van der Waals surface area contributed by atoms with E-state index in [1.54, 1.807) is 13.8 Å². The van der Waals surface area contributed by atoms with Crippen LogP contribution in [0.15, 0.2) is 24.3 Å². The Morgan fingerprint density at radius 2 is 1.62 bits per heavy atom. The third-order valence-corrected chi connectivity index (χ3v) is 7.43.